The number of rotatable bonds is 7. The Bertz CT molecular complexity index is 816. The molecule has 1 heterocycles. The third kappa shape index (κ3) is 5.35. The van der Waals surface area contributed by atoms with Crippen LogP contribution in [0.25, 0.3) is 0 Å². The van der Waals surface area contributed by atoms with Crippen LogP contribution in [0.5, 0.6) is 0 Å². The highest BCUT2D eigenvalue weighted by Gasteiger charge is 2.23. The van der Waals surface area contributed by atoms with Gasteiger partial charge in [0.2, 0.25) is 5.78 Å². The number of halogens is 1. The second-order valence-electron chi connectivity index (χ2n) is 6.46. The minimum absolute atomic E-state index is 0.0647. The highest BCUT2D eigenvalue weighted by atomic mass is 35.5. The van der Waals surface area contributed by atoms with E-state index in [0.29, 0.717) is 16.4 Å². The topological polar surface area (TPSA) is 111 Å². The number of carbonyl (C=O) groups is 3. The number of anilines is 1. The predicted octanol–water partition coefficient (Wildman–Crippen LogP) is 3.66. The second kappa shape index (κ2) is 8.05. The van der Waals surface area contributed by atoms with Crippen LogP contribution in [-0.4, -0.2) is 33.4 Å². The Labute approximate surface area is 155 Å². The molecule has 1 aromatic carbocycles. The van der Waals surface area contributed by atoms with Gasteiger partial charge in [0, 0.05) is 28.7 Å². The summed E-state index contributed by atoms with van der Waals surface area (Å²) in [6.07, 6.45) is 1.83. The number of carboxylic acids is 1. The van der Waals surface area contributed by atoms with E-state index in [1.54, 1.807) is 44.3 Å². The maximum Gasteiger partial charge on any atom is 0.319 e. The van der Waals surface area contributed by atoms with E-state index < -0.39 is 17.5 Å². The average Bonchev–Trinajstić information content (AvgIpc) is 3.08. The zero-order valence-corrected chi connectivity index (χ0v) is 15.2. The zero-order chi connectivity index (χ0) is 19.3. The molecule has 7 nitrogen and oxygen atoms in total. The maximum atomic E-state index is 12.6. The van der Waals surface area contributed by atoms with Gasteiger partial charge in [0.15, 0.2) is 0 Å². The van der Waals surface area contributed by atoms with Crippen LogP contribution in [0.4, 0.5) is 10.5 Å². The number of ketones is 1. The first-order chi connectivity index (χ1) is 12.2. The van der Waals surface area contributed by atoms with E-state index >= 15 is 0 Å². The fourth-order valence-corrected chi connectivity index (χ4v) is 2.54. The number of carboxylic acid groups (broad SMARTS) is 1. The van der Waals surface area contributed by atoms with Gasteiger partial charge >= 0.3 is 12.0 Å². The molecule has 138 valence electrons. The lowest BCUT2D eigenvalue weighted by atomic mass is 9.99. The van der Waals surface area contributed by atoms with Gasteiger partial charge in [0.25, 0.3) is 0 Å². The molecule has 0 aliphatic heterocycles. The van der Waals surface area contributed by atoms with Crippen molar-refractivity contribution in [3.63, 3.8) is 0 Å². The van der Waals surface area contributed by atoms with Crippen molar-refractivity contribution in [3.8, 4) is 0 Å². The smallest absolute Gasteiger partial charge is 0.319 e. The molecule has 2 rings (SSSR count). The Kier molecular flexibility index (Phi) is 6.05. The lowest BCUT2D eigenvalue weighted by Crippen LogP contribution is -2.46. The summed E-state index contributed by atoms with van der Waals surface area (Å²) in [5, 5.41) is 14.5. The van der Waals surface area contributed by atoms with Crippen molar-refractivity contribution in [3.05, 3.63) is 52.8 Å². The van der Waals surface area contributed by atoms with Crippen LogP contribution in [0.15, 0.2) is 36.5 Å². The van der Waals surface area contributed by atoms with Gasteiger partial charge < -0.3 is 20.7 Å². The van der Waals surface area contributed by atoms with Gasteiger partial charge in [-0.1, -0.05) is 11.6 Å². The van der Waals surface area contributed by atoms with Crippen LogP contribution in [0.1, 0.15) is 42.7 Å². The molecule has 0 saturated carbocycles. The molecule has 8 heteroatoms. The predicted molar refractivity (Wildman–Crippen MR) is 98.8 cm³/mol. The Hall–Kier alpha value is -2.80. The van der Waals surface area contributed by atoms with Crippen molar-refractivity contribution < 1.29 is 19.5 Å². The lowest BCUT2D eigenvalue weighted by Gasteiger charge is -2.26. The molecule has 0 aliphatic carbocycles. The molecule has 4 N–H and O–H groups in total. The summed E-state index contributed by atoms with van der Waals surface area (Å²) >= 11 is 5.99. The number of amides is 2. The molecular formula is C18H20ClN3O4. The number of aromatic amines is 1. The van der Waals surface area contributed by atoms with E-state index in [9.17, 15) is 14.4 Å². The van der Waals surface area contributed by atoms with Gasteiger partial charge in [0.1, 0.15) is 0 Å². The van der Waals surface area contributed by atoms with Crippen molar-refractivity contribution >= 4 is 35.1 Å². The number of nitrogens with one attached hydrogen (secondary N) is 3. The van der Waals surface area contributed by atoms with E-state index in [4.69, 9.17) is 16.7 Å². The number of benzene rings is 1. The first-order valence-electron chi connectivity index (χ1n) is 7.96. The number of carbonyl (C=O) groups excluding carboxylic acids is 2. The maximum absolute atomic E-state index is 12.6. The SMILES string of the molecule is CC(C)(CCC(=O)O)NC(=O)Nc1ccc(Cl)cc1C(=O)c1ccc[nH]1. The fraction of sp³-hybridized carbons (Fsp3) is 0.278. The van der Waals surface area contributed by atoms with Gasteiger partial charge in [-0.15, -0.1) is 0 Å². The standard InChI is InChI=1S/C18H20ClN3O4/c1-18(2,8-7-15(23)24)22-17(26)21-13-6-5-11(19)10-12(13)16(25)14-4-3-9-20-14/h3-6,9-10,20H,7-8H2,1-2H3,(H,23,24)(H2,21,22,26). The summed E-state index contributed by atoms with van der Waals surface area (Å²) in [5.41, 5.74) is 0.204. The van der Waals surface area contributed by atoms with Crippen LogP contribution < -0.4 is 10.6 Å². The molecule has 1 aromatic heterocycles. The molecule has 26 heavy (non-hydrogen) atoms. The van der Waals surface area contributed by atoms with Crippen molar-refractivity contribution in [2.75, 3.05) is 5.32 Å². The van der Waals surface area contributed by atoms with Crippen LogP contribution in [0, 0.1) is 0 Å². The van der Waals surface area contributed by atoms with Crippen LogP contribution >= 0.6 is 11.6 Å². The number of hydrogen-bond donors (Lipinski definition) is 4. The molecule has 0 unspecified atom stereocenters. The normalized spacial score (nSPS) is 11.0. The fourth-order valence-electron chi connectivity index (χ4n) is 2.37. The van der Waals surface area contributed by atoms with Crippen molar-refractivity contribution in [1.29, 1.82) is 0 Å². The third-order valence-corrected chi connectivity index (χ3v) is 3.97. The molecular weight excluding hydrogens is 358 g/mol. The number of urea groups is 1. The minimum Gasteiger partial charge on any atom is -0.481 e. The number of aromatic nitrogens is 1. The van der Waals surface area contributed by atoms with E-state index in [1.807, 2.05) is 0 Å². The summed E-state index contributed by atoms with van der Waals surface area (Å²) in [6.45, 7) is 3.45. The summed E-state index contributed by atoms with van der Waals surface area (Å²) < 4.78 is 0. The Morgan fingerprint density at radius 2 is 1.96 bits per heavy atom. The van der Waals surface area contributed by atoms with Crippen LogP contribution in [0.3, 0.4) is 0 Å². The van der Waals surface area contributed by atoms with Crippen LogP contribution in [0.2, 0.25) is 5.02 Å². The van der Waals surface area contributed by atoms with Gasteiger partial charge in [-0.2, -0.15) is 0 Å². The summed E-state index contributed by atoms with van der Waals surface area (Å²) in [7, 11) is 0. The summed E-state index contributed by atoms with van der Waals surface area (Å²) in [4.78, 5) is 38.4. The van der Waals surface area contributed by atoms with E-state index in [0.717, 1.165) is 0 Å². The molecule has 0 radical (unpaired) electrons. The molecule has 0 atom stereocenters. The third-order valence-electron chi connectivity index (χ3n) is 3.73. The quantitative estimate of drug-likeness (QED) is 0.551. The van der Waals surface area contributed by atoms with Gasteiger partial charge in [-0.25, -0.2) is 4.79 Å². The monoisotopic (exact) mass is 377 g/mol. The first-order valence-corrected chi connectivity index (χ1v) is 8.34. The molecule has 2 amide bonds. The summed E-state index contributed by atoms with van der Waals surface area (Å²) in [5.74, 6) is -1.24. The van der Waals surface area contributed by atoms with E-state index in [-0.39, 0.29) is 24.2 Å². The van der Waals surface area contributed by atoms with Crippen molar-refractivity contribution in [2.24, 2.45) is 0 Å². The van der Waals surface area contributed by atoms with E-state index in [2.05, 4.69) is 15.6 Å². The number of aliphatic carboxylic acids is 1. The molecule has 0 bridgehead atoms. The largest absolute Gasteiger partial charge is 0.481 e. The highest BCUT2D eigenvalue weighted by Crippen LogP contribution is 2.23. The molecule has 0 aliphatic rings. The molecule has 2 aromatic rings. The van der Waals surface area contributed by atoms with Crippen molar-refractivity contribution in [2.45, 2.75) is 32.2 Å². The zero-order valence-electron chi connectivity index (χ0n) is 14.4. The van der Waals surface area contributed by atoms with Gasteiger partial charge in [0.05, 0.1) is 11.4 Å². The second-order valence-corrected chi connectivity index (χ2v) is 6.90. The molecule has 0 fully saturated rings. The van der Waals surface area contributed by atoms with Gasteiger partial charge in [-0.05, 0) is 50.6 Å². The number of hydrogen-bond acceptors (Lipinski definition) is 3. The van der Waals surface area contributed by atoms with E-state index in [1.165, 1.54) is 6.07 Å². The summed E-state index contributed by atoms with van der Waals surface area (Å²) in [6, 6.07) is 7.38. The Morgan fingerprint density at radius 1 is 1.23 bits per heavy atom. The lowest BCUT2D eigenvalue weighted by molar-refractivity contribution is -0.137. The Morgan fingerprint density at radius 3 is 2.58 bits per heavy atom. The molecule has 0 spiro atoms. The minimum atomic E-state index is -0.934. The average molecular weight is 378 g/mol. The van der Waals surface area contributed by atoms with Gasteiger partial charge in [-0.3, -0.25) is 9.59 Å². The molecule has 0 saturated heterocycles. The highest BCUT2D eigenvalue weighted by molar-refractivity contribution is 6.31. The number of H-pyrrole nitrogens is 1. The van der Waals surface area contributed by atoms with Crippen molar-refractivity contribution in [1.82, 2.24) is 10.3 Å². The Balaban J connectivity index is 2.15. The first kappa shape index (κ1) is 19.5. The van der Waals surface area contributed by atoms with Crippen LogP contribution in [-0.2, 0) is 4.79 Å².